The maximum atomic E-state index is 12.4. The van der Waals surface area contributed by atoms with Crippen molar-refractivity contribution in [3.05, 3.63) is 65.5 Å². The molecule has 6 nitrogen and oxygen atoms in total. The lowest BCUT2D eigenvalue weighted by Gasteiger charge is -2.27. The molecule has 0 saturated heterocycles. The Balaban J connectivity index is 0.00000480. The molecule has 1 heterocycles. The van der Waals surface area contributed by atoms with Gasteiger partial charge in [-0.05, 0) is 29.7 Å². The summed E-state index contributed by atoms with van der Waals surface area (Å²) >= 11 is 0. The summed E-state index contributed by atoms with van der Waals surface area (Å²) in [4.78, 5) is 22.7. The topological polar surface area (TPSA) is 69.6 Å². The van der Waals surface area contributed by atoms with Crippen molar-refractivity contribution in [1.29, 1.82) is 0 Å². The number of carbonyl (C=O) groups excluding carboxylic acids is 1. The highest BCUT2D eigenvalue weighted by Gasteiger charge is 2.21. The van der Waals surface area contributed by atoms with E-state index in [1.165, 1.54) is 11.1 Å². The van der Waals surface area contributed by atoms with E-state index in [0.717, 1.165) is 18.5 Å². The molecule has 1 aromatic carbocycles. The van der Waals surface area contributed by atoms with Crippen molar-refractivity contribution in [2.45, 2.75) is 39.0 Å². The fraction of sp³-hybridized carbons (Fsp3) is 0.458. The fourth-order valence-corrected chi connectivity index (χ4v) is 3.07. The zero-order chi connectivity index (χ0) is 22.0. The molecular formula is C24H36IN5O. The van der Waals surface area contributed by atoms with Crippen molar-refractivity contribution < 1.29 is 4.79 Å². The number of likely N-dealkylation sites (N-methyl/N-ethyl adjacent to an activating group) is 1. The minimum absolute atomic E-state index is 0. The number of halogens is 1. The van der Waals surface area contributed by atoms with Crippen LogP contribution in [0, 0.1) is 0 Å². The summed E-state index contributed by atoms with van der Waals surface area (Å²) in [5.41, 5.74) is 3.53. The number of rotatable bonds is 9. The van der Waals surface area contributed by atoms with E-state index in [2.05, 4.69) is 65.6 Å². The molecule has 7 heteroatoms. The van der Waals surface area contributed by atoms with Gasteiger partial charge in [0.1, 0.15) is 0 Å². The first-order valence-corrected chi connectivity index (χ1v) is 10.5. The SMILES string of the molecule is CCc1ccc(C(C)(C)CNC(=NC)NCC(=O)N(C)CCc2ccccn2)cc1.I. The van der Waals surface area contributed by atoms with Gasteiger partial charge in [-0.1, -0.05) is 51.1 Å². The third kappa shape index (κ3) is 8.85. The minimum atomic E-state index is -0.0621. The van der Waals surface area contributed by atoms with Crippen LogP contribution in [0.2, 0.25) is 0 Å². The van der Waals surface area contributed by atoms with E-state index in [4.69, 9.17) is 0 Å². The van der Waals surface area contributed by atoms with Gasteiger partial charge in [0.25, 0.3) is 0 Å². The summed E-state index contributed by atoms with van der Waals surface area (Å²) in [6.07, 6.45) is 3.55. The zero-order valence-corrected chi connectivity index (χ0v) is 21.6. The summed E-state index contributed by atoms with van der Waals surface area (Å²) in [6.45, 7) is 8.10. The molecule has 0 atom stereocenters. The molecule has 2 rings (SSSR count). The van der Waals surface area contributed by atoms with Crippen molar-refractivity contribution in [3.63, 3.8) is 0 Å². The van der Waals surface area contributed by atoms with Crippen molar-refractivity contribution in [2.24, 2.45) is 4.99 Å². The lowest BCUT2D eigenvalue weighted by Crippen LogP contribution is -2.47. The molecule has 0 aliphatic rings. The summed E-state index contributed by atoms with van der Waals surface area (Å²) in [7, 11) is 3.53. The number of amides is 1. The van der Waals surface area contributed by atoms with Crippen molar-refractivity contribution in [2.75, 3.05) is 33.7 Å². The molecule has 0 unspecified atom stereocenters. The maximum absolute atomic E-state index is 12.4. The molecule has 31 heavy (non-hydrogen) atoms. The third-order valence-corrected chi connectivity index (χ3v) is 5.33. The van der Waals surface area contributed by atoms with Gasteiger partial charge in [0.15, 0.2) is 5.96 Å². The van der Waals surface area contributed by atoms with E-state index in [1.807, 2.05) is 25.2 Å². The van der Waals surface area contributed by atoms with Crippen molar-refractivity contribution >= 4 is 35.8 Å². The average molecular weight is 537 g/mol. The quantitative estimate of drug-likeness (QED) is 0.292. The van der Waals surface area contributed by atoms with Gasteiger partial charge in [-0.25, -0.2) is 0 Å². The molecule has 0 saturated carbocycles. The van der Waals surface area contributed by atoms with E-state index in [1.54, 1.807) is 18.1 Å². The van der Waals surface area contributed by atoms with E-state index in [-0.39, 0.29) is 41.8 Å². The molecule has 170 valence electrons. The number of guanidine groups is 1. The van der Waals surface area contributed by atoms with Crippen LogP contribution in [-0.2, 0) is 23.1 Å². The number of aliphatic imine (C=N–C) groups is 1. The summed E-state index contributed by atoms with van der Waals surface area (Å²) in [6, 6.07) is 14.6. The third-order valence-electron chi connectivity index (χ3n) is 5.33. The zero-order valence-electron chi connectivity index (χ0n) is 19.3. The number of hydrogen-bond acceptors (Lipinski definition) is 3. The highest BCUT2D eigenvalue weighted by atomic mass is 127. The lowest BCUT2D eigenvalue weighted by molar-refractivity contribution is -0.128. The minimum Gasteiger partial charge on any atom is -0.356 e. The summed E-state index contributed by atoms with van der Waals surface area (Å²) < 4.78 is 0. The van der Waals surface area contributed by atoms with Gasteiger partial charge in [0, 0.05) is 50.9 Å². The van der Waals surface area contributed by atoms with E-state index in [0.29, 0.717) is 19.0 Å². The van der Waals surface area contributed by atoms with Crippen LogP contribution in [-0.4, -0.2) is 55.5 Å². The Kier molecular flexibility index (Phi) is 11.5. The Hall–Kier alpha value is -2.16. The molecule has 0 bridgehead atoms. The highest BCUT2D eigenvalue weighted by Crippen LogP contribution is 2.22. The molecule has 0 radical (unpaired) electrons. The first kappa shape index (κ1) is 26.9. The maximum Gasteiger partial charge on any atom is 0.241 e. The monoisotopic (exact) mass is 537 g/mol. The second-order valence-corrected chi connectivity index (χ2v) is 8.10. The van der Waals surface area contributed by atoms with E-state index < -0.39 is 0 Å². The molecule has 0 spiro atoms. The number of carbonyl (C=O) groups is 1. The van der Waals surface area contributed by atoms with Crippen molar-refractivity contribution in [3.8, 4) is 0 Å². The molecule has 1 aromatic heterocycles. The molecule has 0 fully saturated rings. The van der Waals surface area contributed by atoms with Crippen LogP contribution < -0.4 is 10.6 Å². The largest absolute Gasteiger partial charge is 0.356 e. The number of aryl methyl sites for hydroxylation is 1. The molecule has 2 N–H and O–H groups in total. The molecule has 0 aliphatic heterocycles. The molecule has 1 amide bonds. The number of nitrogens with one attached hydrogen (secondary N) is 2. The van der Waals surface area contributed by atoms with Gasteiger partial charge < -0.3 is 15.5 Å². The van der Waals surface area contributed by atoms with Gasteiger partial charge in [0.2, 0.25) is 5.91 Å². The Morgan fingerprint density at radius 1 is 1.13 bits per heavy atom. The number of hydrogen-bond donors (Lipinski definition) is 2. The van der Waals surface area contributed by atoms with Crippen LogP contribution in [0.15, 0.2) is 53.7 Å². The Bertz CT molecular complexity index is 822. The number of aromatic nitrogens is 1. The fourth-order valence-electron chi connectivity index (χ4n) is 3.07. The molecule has 2 aromatic rings. The van der Waals surface area contributed by atoms with Gasteiger partial charge in [-0.3, -0.25) is 14.8 Å². The lowest BCUT2D eigenvalue weighted by atomic mass is 9.84. The summed E-state index contributed by atoms with van der Waals surface area (Å²) in [5.74, 6) is 0.642. The van der Waals surface area contributed by atoms with Gasteiger partial charge in [-0.15, -0.1) is 24.0 Å². The number of nitrogens with zero attached hydrogens (tertiary/aromatic N) is 3. The predicted octanol–water partition coefficient (Wildman–Crippen LogP) is 3.41. The Morgan fingerprint density at radius 2 is 1.84 bits per heavy atom. The van der Waals surface area contributed by atoms with Crippen LogP contribution in [0.1, 0.15) is 37.6 Å². The highest BCUT2D eigenvalue weighted by molar-refractivity contribution is 14.0. The second-order valence-electron chi connectivity index (χ2n) is 8.10. The first-order chi connectivity index (χ1) is 14.4. The van der Waals surface area contributed by atoms with Crippen LogP contribution in [0.25, 0.3) is 0 Å². The Labute approximate surface area is 204 Å². The van der Waals surface area contributed by atoms with E-state index >= 15 is 0 Å². The van der Waals surface area contributed by atoms with Gasteiger partial charge >= 0.3 is 0 Å². The molecule has 0 aliphatic carbocycles. The predicted molar refractivity (Wildman–Crippen MR) is 139 cm³/mol. The van der Waals surface area contributed by atoms with Crippen LogP contribution in [0.5, 0.6) is 0 Å². The first-order valence-electron chi connectivity index (χ1n) is 10.5. The second kappa shape index (κ2) is 13.3. The van der Waals surface area contributed by atoms with Gasteiger partial charge in [-0.2, -0.15) is 0 Å². The molecular weight excluding hydrogens is 501 g/mol. The number of pyridine rings is 1. The smallest absolute Gasteiger partial charge is 0.241 e. The van der Waals surface area contributed by atoms with Crippen LogP contribution in [0.4, 0.5) is 0 Å². The standard InChI is InChI=1S/C24H35N5O.HI/c1-6-19-10-12-20(13-11-19)24(2,3)18-28-23(25-4)27-17-22(30)29(5)16-14-21-9-7-8-15-26-21;/h7-13,15H,6,14,16-18H2,1-5H3,(H2,25,27,28);1H. The normalized spacial score (nSPS) is 11.5. The van der Waals surface area contributed by atoms with Crippen LogP contribution in [0.3, 0.4) is 0 Å². The van der Waals surface area contributed by atoms with Crippen LogP contribution >= 0.6 is 24.0 Å². The summed E-state index contributed by atoms with van der Waals surface area (Å²) in [5, 5.41) is 6.47. The Morgan fingerprint density at radius 3 is 2.42 bits per heavy atom. The van der Waals surface area contributed by atoms with E-state index in [9.17, 15) is 4.79 Å². The van der Waals surface area contributed by atoms with Crippen molar-refractivity contribution in [1.82, 2.24) is 20.5 Å². The van der Waals surface area contributed by atoms with Gasteiger partial charge in [0.05, 0.1) is 6.54 Å². The average Bonchev–Trinajstić information content (AvgIpc) is 2.78. The number of benzene rings is 1.